The topological polar surface area (TPSA) is 38.0 Å². The smallest absolute Gasteiger partial charge is 0.305 e. The summed E-state index contributed by atoms with van der Waals surface area (Å²) >= 11 is 1.55. The Morgan fingerprint density at radius 3 is 2.30 bits per heavy atom. The number of hydrogen-bond donors (Lipinski definition) is 1. The lowest BCUT2D eigenvalue weighted by molar-refractivity contribution is -0.642. The lowest BCUT2D eigenvalue weighted by Crippen LogP contribution is -3.00. The van der Waals surface area contributed by atoms with E-state index in [9.17, 15) is 4.39 Å². The molecule has 3 aromatic carbocycles. The molecule has 0 bridgehead atoms. The molecule has 0 fully saturated rings. The first-order chi connectivity index (χ1) is 14.1. The molecule has 0 spiro atoms. The molecule has 0 amide bonds. The van der Waals surface area contributed by atoms with Gasteiger partial charge in [-0.05, 0) is 77.4 Å². The van der Waals surface area contributed by atoms with E-state index >= 15 is 0 Å². The van der Waals surface area contributed by atoms with Crippen molar-refractivity contribution in [3.8, 4) is 22.0 Å². The molecular formula is C23H21ClFN3OS. The molecule has 1 N–H and O–H groups in total. The Bertz CT molecular complexity index is 1150. The van der Waals surface area contributed by atoms with E-state index in [1.54, 1.807) is 30.6 Å². The third-order valence-electron chi connectivity index (χ3n) is 4.86. The monoisotopic (exact) mass is 441 g/mol. The van der Waals surface area contributed by atoms with Gasteiger partial charge in [0, 0.05) is 22.9 Å². The standard InChI is InChI=1S/C23H21FN3OS.ClH/c1-15-16(2)21(28-3)14-13-20(15)22-27(19-11-9-17(24)10-12-19)26-23(29-22)25-18-7-5-4-6-8-18;/h4-14H,1-3H3,(H,25,26);1H/q+1;/p-1. The van der Waals surface area contributed by atoms with E-state index < -0.39 is 0 Å². The van der Waals surface area contributed by atoms with Gasteiger partial charge in [0.15, 0.2) is 0 Å². The highest BCUT2D eigenvalue weighted by Crippen LogP contribution is 2.34. The number of rotatable bonds is 5. The molecule has 0 atom stereocenters. The summed E-state index contributed by atoms with van der Waals surface area (Å²) in [5, 5.41) is 9.84. The molecule has 0 saturated carbocycles. The number of para-hydroxylation sites is 1. The van der Waals surface area contributed by atoms with Gasteiger partial charge >= 0.3 is 5.01 Å². The Morgan fingerprint density at radius 2 is 1.63 bits per heavy atom. The van der Waals surface area contributed by atoms with Gasteiger partial charge in [-0.2, -0.15) is 0 Å². The molecule has 1 heterocycles. The minimum Gasteiger partial charge on any atom is -1.00 e. The molecule has 0 aliphatic heterocycles. The number of ether oxygens (including phenoxy) is 1. The second-order valence-electron chi connectivity index (χ2n) is 6.66. The van der Waals surface area contributed by atoms with E-state index in [4.69, 9.17) is 9.84 Å². The fraction of sp³-hybridized carbons (Fsp3) is 0.130. The first-order valence-electron chi connectivity index (χ1n) is 9.22. The van der Waals surface area contributed by atoms with Gasteiger partial charge in [0.2, 0.25) is 5.69 Å². The summed E-state index contributed by atoms with van der Waals surface area (Å²) in [6, 6.07) is 20.3. The molecule has 0 aliphatic carbocycles. The van der Waals surface area contributed by atoms with E-state index in [0.717, 1.165) is 44.0 Å². The largest absolute Gasteiger partial charge is 1.00 e. The summed E-state index contributed by atoms with van der Waals surface area (Å²) in [4.78, 5) is 0. The maximum Gasteiger partial charge on any atom is 0.305 e. The van der Waals surface area contributed by atoms with Crippen molar-refractivity contribution in [2.45, 2.75) is 13.8 Å². The molecule has 0 unspecified atom stereocenters. The lowest BCUT2D eigenvalue weighted by Gasteiger charge is -2.09. The summed E-state index contributed by atoms with van der Waals surface area (Å²) in [5.41, 5.74) is 5.02. The maximum absolute atomic E-state index is 13.5. The van der Waals surface area contributed by atoms with E-state index in [2.05, 4.69) is 12.2 Å². The van der Waals surface area contributed by atoms with Crippen molar-refractivity contribution < 1.29 is 26.2 Å². The molecule has 4 rings (SSSR count). The molecule has 154 valence electrons. The average Bonchev–Trinajstić information content (AvgIpc) is 3.14. The summed E-state index contributed by atoms with van der Waals surface area (Å²) in [7, 11) is 1.68. The molecule has 1 aromatic heterocycles. The quantitative estimate of drug-likeness (QED) is 0.484. The minimum absolute atomic E-state index is 0. The van der Waals surface area contributed by atoms with Crippen molar-refractivity contribution in [2.24, 2.45) is 0 Å². The average molecular weight is 442 g/mol. The van der Waals surface area contributed by atoms with Crippen LogP contribution >= 0.6 is 11.3 Å². The number of nitrogens with zero attached hydrogens (tertiary/aromatic N) is 2. The summed E-state index contributed by atoms with van der Waals surface area (Å²) in [6.45, 7) is 4.12. The normalized spacial score (nSPS) is 10.4. The Balaban J connectivity index is 0.00000256. The zero-order valence-corrected chi connectivity index (χ0v) is 18.4. The van der Waals surface area contributed by atoms with Crippen molar-refractivity contribution in [1.82, 2.24) is 5.10 Å². The molecular weight excluding hydrogens is 421 g/mol. The number of nitrogens with one attached hydrogen (secondary N) is 1. The number of anilines is 2. The minimum atomic E-state index is -0.273. The molecule has 4 aromatic rings. The van der Waals surface area contributed by atoms with Crippen LogP contribution in [0, 0.1) is 19.7 Å². The van der Waals surface area contributed by atoms with Crippen molar-refractivity contribution in [3.05, 3.63) is 83.7 Å². The van der Waals surface area contributed by atoms with Gasteiger partial charge in [-0.1, -0.05) is 18.2 Å². The molecule has 0 aliphatic rings. The number of methoxy groups -OCH3 is 1. The van der Waals surface area contributed by atoms with Crippen LogP contribution < -0.4 is 27.1 Å². The van der Waals surface area contributed by atoms with Gasteiger partial charge in [-0.25, -0.2) is 4.39 Å². The van der Waals surface area contributed by atoms with Gasteiger partial charge in [0.05, 0.1) is 12.7 Å². The Kier molecular flexibility index (Phi) is 6.70. The first-order valence-corrected chi connectivity index (χ1v) is 10.0. The highest BCUT2D eigenvalue weighted by molar-refractivity contribution is 7.18. The summed E-state index contributed by atoms with van der Waals surface area (Å²) < 4.78 is 20.8. The van der Waals surface area contributed by atoms with Crippen LogP contribution in [0.2, 0.25) is 0 Å². The van der Waals surface area contributed by atoms with Crippen LogP contribution in [0.3, 0.4) is 0 Å². The van der Waals surface area contributed by atoms with Gasteiger partial charge in [0.25, 0.3) is 5.13 Å². The summed E-state index contributed by atoms with van der Waals surface area (Å²) in [5.74, 6) is 0.581. The second kappa shape index (κ2) is 9.24. The zero-order valence-electron chi connectivity index (χ0n) is 16.8. The van der Waals surface area contributed by atoms with E-state index in [1.807, 2.05) is 54.1 Å². The van der Waals surface area contributed by atoms with Crippen LogP contribution in [-0.2, 0) is 0 Å². The Hall–Kier alpha value is -2.96. The SMILES string of the molecule is COc1ccc(-c2sc(Nc3ccccc3)n[n+]2-c2ccc(F)cc2)c(C)c1C.[Cl-]. The van der Waals surface area contributed by atoms with Crippen molar-refractivity contribution in [2.75, 3.05) is 12.4 Å². The predicted octanol–water partition coefficient (Wildman–Crippen LogP) is 2.60. The van der Waals surface area contributed by atoms with E-state index in [-0.39, 0.29) is 18.2 Å². The summed E-state index contributed by atoms with van der Waals surface area (Å²) in [6.07, 6.45) is 0. The number of halogens is 2. The maximum atomic E-state index is 13.5. The predicted molar refractivity (Wildman–Crippen MR) is 115 cm³/mol. The second-order valence-corrected chi connectivity index (χ2v) is 7.63. The van der Waals surface area contributed by atoms with Gasteiger partial charge < -0.3 is 22.5 Å². The van der Waals surface area contributed by atoms with E-state index in [1.165, 1.54) is 12.1 Å². The highest BCUT2D eigenvalue weighted by Gasteiger charge is 2.26. The van der Waals surface area contributed by atoms with Crippen LogP contribution in [0.5, 0.6) is 5.75 Å². The zero-order chi connectivity index (χ0) is 20.4. The number of benzene rings is 3. The van der Waals surface area contributed by atoms with Gasteiger partial charge in [-0.15, -0.1) is 0 Å². The van der Waals surface area contributed by atoms with Crippen LogP contribution in [-0.4, -0.2) is 12.2 Å². The van der Waals surface area contributed by atoms with E-state index in [0.29, 0.717) is 0 Å². The molecule has 4 nitrogen and oxygen atoms in total. The third kappa shape index (κ3) is 4.30. The van der Waals surface area contributed by atoms with Gasteiger partial charge in [-0.3, -0.25) is 0 Å². The fourth-order valence-electron chi connectivity index (χ4n) is 3.16. The molecule has 0 saturated heterocycles. The molecule has 30 heavy (non-hydrogen) atoms. The first kappa shape index (κ1) is 21.7. The van der Waals surface area contributed by atoms with Crippen LogP contribution in [0.15, 0.2) is 66.7 Å². The molecule has 0 radical (unpaired) electrons. The van der Waals surface area contributed by atoms with Crippen molar-refractivity contribution in [1.29, 1.82) is 0 Å². The number of hydrogen-bond acceptors (Lipinski definition) is 4. The van der Waals surface area contributed by atoms with Crippen molar-refractivity contribution in [3.63, 3.8) is 0 Å². The highest BCUT2D eigenvalue weighted by atomic mass is 35.5. The Labute approximate surface area is 185 Å². The van der Waals surface area contributed by atoms with Gasteiger partial charge in [0.1, 0.15) is 11.6 Å². The van der Waals surface area contributed by atoms with Crippen LogP contribution in [0.25, 0.3) is 16.3 Å². The van der Waals surface area contributed by atoms with Crippen LogP contribution in [0.1, 0.15) is 11.1 Å². The van der Waals surface area contributed by atoms with Crippen LogP contribution in [0.4, 0.5) is 15.2 Å². The lowest BCUT2D eigenvalue weighted by atomic mass is 10.0. The Morgan fingerprint density at radius 1 is 0.933 bits per heavy atom. The fourth-order valence-corrected chi connectivity index (χ4v) is 4.20. The van der Waals surface area contributed by atoms with Crippen molar-refractivity contribution >= 4 is 22.2 Å². The number of aromatic nitrogens is 2. The third-order valence-corrected chi connectivity index (χ3v) is 5.82. The molecule has 7 heteroatoms.